The Balaban J connectivity index is 0.000000980. The van der Waals surface area contributed by atoms with Gasteiger partial charge in [-0.3, -0.25) is 0 Å². The molecule has 0 atom stereocenters. The molecule has 0 fully saturated rings. The molecule has 0 saturated carbocycles. The zero-order chi connectivity index (χ0) is 15.9. The summed E-state index contributed by atoms with van der Waals surface area (Å²) in [6.07, 6.45) is 8.05. The van der Waals surface area contributed by atoms with E-state index in [0.717, 1.165) is 44.8 Å². The first-order valence-corrected chi connectivity index (χ1v) is 7.85. The van der Waals surface area contributed by atoms with Gasteiger partial charge in [0, 0.05) is 62.0 Å². The van der Waals surface area contributed by atoms with Gasteiger partial charge in [0.2, 0.25) is 0 Å². The summed E-state index contributed by atoms with van der Waals surface area (Å²) in [5, 5.41) is 0. The zero-order valence-electron chi connectivity index (χ0n) is 13.7. The maximum atomic E-state index is 4.62. The van der Waals surface area contributed by atoms with E-state index in [4.69, 9.17) is 0 Å². The Morgan fingerprint density at radius 2 is 0.846 bits per heavy atom. The molecule has 0 radical (unpaired) electrons. The Hall–Kier alpha value is -2.12. The number of hydrogen-bond donors (Lipinski definition) is 2. The quantitative estimate of drug-likeness (QED) is 0.349. The molecular formula is C20H16GdN4O. The smallest absolute Gasteiger partial charge is 0.0659 e. The van der Waals surface area contributed by atoms with Crippen molar-refractivity contribution in [3.05, 3.63) is 71.3 Å². The van der Waals surface area contributed by atoms with Crippen molar-refractivity contribution in [2.45, 2.75) is 0 Å². The van der Waals surface area contributed by atoms with Crippen molar-refractivity contribution < 1.29 is 45.4 Å². The molecule has 5 rings (SSSR count). The molecule has 5 nitrogen and oxygen atoms in total. The summed E-state index contributed by atoms with van der Waals surface area (Å²) >= 11 is 0. The fraction of sp³-hybridized carbons (Fsp3) is 0. The van der Waals surface area contributed by atoms with Crippen molar-refractivity contribution in [2.24, 2.45) is 0 Å². The van der Waals surface area contributed by atoms with Gasteiger partial charge in [0.15, 0.2) is 0 Å². The molecule has 0 amide bonds. The molecule has 6 heteroatoms. The molecule has 0 aromatic carbocycles. The van der Waals surface area contributed by atoms with Gasteiger partial charge in [-0.1, -0.05) is 0 Å². The summed E-state index contributed by atoms with van der Waals surface area (Å²) in [5.41, 5.74) is 7.86. The maximum Gasteiger partial charge on any atom is 0.0659 e. The van der Waals surface area contributed by atoms with Gasteiger partial charge in [0.25, 0.3) is 0 Å². The van der Waals surface area contributed by atoms with E-state index in [0.29, 0.717) is 0 Å². The number of rotatable bonds is 0. The predicted molar refractivity (Wildman–Crippen MR) is 102 cm³/mol. The van der Waals surface area contributed by atoms with Crippen molar-refractivity contribution in [1.29, 1.82) is 0 Å². The fourth-order valence-corrected chi connectivity index (χ4v) is 2.94. The van der Waals surface area contributed by atoms with Gasteiger partial charge in [0.1, 0.15) is 0 Å². The van der Waals surface area contributed by atoms with Crippen LogP contribution < -0.4 is 0 Å². The first-order valence-electron chi connectivity index (χ1n) is 7.85. The van der Waals surface area contributed by atoms with E-state index < -0.39 is 0 Å². The van der Waals surface area contributed by atoms with E-state index in [-0.39, 0.29) is 45.4 Å². The van der Waals surface area contributed by atoms with Crippen molar-refractivity contribution >= 4 is 46.4 Å². The number of fused-ring (bicyclic) bond motifs is 8. The van der Waals surface area contributed by atoms with E-state index in [2.05, 4.69) is 50.3 Å². The minimum atomic E-state index is 0. The summed E-state index contributed by atoms with van der Waals surface area (Å²) in [6, 6.07) is 16.4. The molecule has 5 heterocycles. The van der Waals surface area contributed by atoms with Crippen LogP contribution in [0.25, 0.3) is 46.4 Å². The van der Waals surface area contributed by atoms with Crippen LogP contribution in [0.15, 0.2) is 48.5 Å². The third-order valence-corrected chi connectivity index (χ3v) is 4.04. The minimum Gasteiger partial charge on any atom is -0.412 e. The Morgan fingerprint density at radius 1 is 0.500 bits per heavy atom. The summed E-state index contributed by atoms with van der Waals surface area (Å²) in [5.74, 6) is 0. The van der Waals surface area contributed by atoms with Crippen LogP contribution >= 0.6 is 0 Å². The number of aromatic nitrogens is 4. The van der Waals surface area contributed by atoms with Crippen LogP contribution in [-0.4, -0.2) is 25.4 Å². The number of hydrogen-bond acceptors (Lipinski definition) is 2. The third kappa shape index (κ3) is 3.84. The van der Waals surface area contributed by atoms with Crippen LogP contribution in [0, 0.1) is 39.9 Å². The molecule has 2 aliphatic heterocycles. The average molecular weight is 486 g/mol. The number of aromatic amines is 2. The van der Waals surface area contributed by atoms with Crippen LogP contribution in [0.2, 0.25) is 0 Å². The van der Waals surface area contributed by atoms with E-state index in [1.807, 2.05) is 42.5 Å². The summed E-state index contributed by atoms with van der Waals surface area (Å²) in [7, 11) is 0. The first-order chi connectivity index (χ1) is 11.8. The zero-order valence-corrected chi connectivity index (χ0v) is 15.9. The van der Waals surface area contributed by atoms with Crippen molar-refractivity contribution in [1.82, 2.24) is 19.9 Å². The molecule has 3 aromatic rings. The second-order valence-electron chi connectivity index (χ2n) is 5.91. The van der Waals surface area contributed by atoms with Gasteiger partial charge in [-0.2, -0.15) is 0 Å². The van der Waals surface area contributed by atoms with Crippen molar-refractivity contribution in [3.63, 3.8) is 0 Å². The number of nitrogens with one attached hydrogen (secondary N) is 2. The Morgan fingerprint density at radius 3 is 1.27 bits per heavy atom. The number of nitrogens with zero attached hydrogens (tertiary/aromatic N) is 2. The summed E-state index contributed by atoms with van der Waals surface area (Å²) in [4.78, 5) is 16.0. The van der Waals surface area contributed by atoms with Crippen molar-refractivity contribution in [2.75, 3.05) is 0 Å². The van der Waals surface area contributed by atoms with Crippen LogP contribution in [0.1, 0.15) is 22.8 Å². The molecule has 26 heavy (non-hydrogen) atoms. The largest absolute Gasteiger partial charge is 0.412 e. The second-order valence-corrected chi connectivity index (χ2v) is 5.91. The average Bonchev–Trinajstić information content (AvgIpc) is 3.32. The minimum absolute atomic E-state index is 0. The molecule has 4 N–H and O–H groups in total. The van der Waals surface area contributed by atoms with E-state index >= 15 is 0 Å². The number of H-pyrrole nitrogens is 2. The molecule has 0 unspecified atom stereocenters. The SMILES string of the molecule is C1=Cc2cc3ccc(cc4ccc(cc5nc(cc1n2)C=C5)[nH]4)[nH]3.O.[Gd]. The molecule has 8 bridgehead atoms. The van der Waals surface area contributed by atoms with Crippen molar-refractivity contribution in [3.8, 4) is 0 Å². The Kier molecular flexibility index (Phi) is 5.48. The van der Waals surface area contributed by atoms with Crippen LogP contribution in [-0.2, 0) is 0 Å². The van der Waals surface area contributed by atoms with Gasteiger partial charge >= 0.3 is 0 Å². The Bertz CT molecular complexity index is 1080. The fourth-order valence-electron chi connectivity index (χ4n) is 2.94. The molecule has 0 spiro atoms. The van der Waals surface area contributed by atoms with Crippen LogP contribution in [0.5, 0.6) is 0 Å². The van der Waals surface area contributed by atoms with Crippen LogP contribution in [0.3, 0.4) is 0 Å². The standard InChI is InChI=1S/C20H14N4.Gd.H2O/c1-2-14-10-16-5-6-18(23-16)12-20-8-7-19(24-20)11-17-4-3-15(22-17)9-13(1)21-14;;/h1-12,21-22H;;1H2. The van der Waals surface area contributed by atoms with Crippen LogP contribution in [0.4, 0.5) is 0 Å². The summed E-state index contributed by atoms with van der Waals surface area (Å²) < 4.78 is 0. The van der Waals surface area contributed by atoms with Gasteiger partial charge in [-0.15, -0.1) is 0 Å². The normalized spacial score (nSPS) is 11.7. The Labute approximate surface area is 181 Å². The molecule has 0 aliphatic carbocycles. The van der Waals surface area contributed by atoms with E-state index in [1.54, 1.807) is 0 Å². The summed E-state index contributed by atoms with van der Waals surface area (Å²) in [6.45, 7) is 0. The van der Waals surface area contributed by atoms with E-state index in [1.165, 1.54) is 0 Å². The molecular weight excluding hydrogens is 469 g/mol. The molecule has 130 valence electrons. The third-order valence-electron chi connectivity index (χ3n) is 4.04. The molecule has 2 aliphatic rings. The maximum absolute atomic E-state index is 4.62. The first kappa shape index (κ1) is 18.7. The second kappa shape index (κ2) is 7.64. The van der Waals surface area contributed by atoms with E-state index in [9.17, 15) is 0 Å². The topological polar surface area (TPSA) is 88.9 Å². The molecule has 3 aromatic heterocycles. The molecule has 0 saturated heterocycles. The predicted octanol–water partition coefficient (Wildman–Crippen LogP) is 3.83. The van der Waals surface area contributed by atoms with Gasteiger partial charge in [-0.05, 0) is 72.8 Å². The van der Waals surface area contributed by atoms with Gasteiger partial charge in [-0.25, -0.2) is 9.97 Å². The van der Waals surface area contributed by atoms with Gasteiger partial charge < -0.3 is 15.4 Å². The van der Waals surface area contributed by atoms with Gasteiger partial charge in [0.05, 0.1) is 22.8 Å². The monoisotopic (exact) mass is 486 g/mol.